The molecule has 1 aliphatic heterocycles. The number of carbonyl (C=O) groups is 2. The van der Waals surface area contributed by atoms with Gasteiger partial charge < -0.3 is 15.7 Å². The van der Waals surface area contributed by atoms with Gasteiger partial charge in [0.25, 0.3) is 0 Å². The van der Waals surface area contributed by atoms with Crippen molar-refractivity contribution in [2.75, 3.05) is 25.1 Å². The molecule has 2 atom stereocenters. The van der Waals surface area contributed by atoms with Gasteiger partial charge in [-0.15, -0.1) is 0 Å². The molecule has 1 amide bonds. The summed E-state index contributed by atoms with van der Waals surface area (Å²) in [5.74, 6) is -0.429. The summed E-state index contributed by atoms with van der Waals surface area (Å²) in [4.78, 5) is 22.8. The highest BCUT2D eigenvalue weighted by Crippen LogP contribution is 2.11. The molecule has 0 aromatic rings. The summed E-state index contributed by atoms with van der Waals surface area (Å²) < 4.78 is 0. The Morgan fingerprint density at radius 1 is 1.59 bits per heavy atom. The number of carbonyl (C=O) groups excluding carboxylic acids is 1. The van der Waals surface area contributed by atoms with Gasteiger partial charge >= 0.3 is 5.97 Å². The van der Waals surface area contributed by atoms with Gasteiger partial charge in [-0.1, -0.05) is 0 Å². The fourth-order valence-corrected chi connectivity index (χ4v) is 2.33. The zero-order valence-corrected chi connectivity index (χ0v) is 10.9. The average molecular weight is 260 g/mol. The van der Waals surface area contributed by atoms with Crippen molar-refractivity contribution in [1.82, 2.24) is 10.6 Å². The lowest BCUT2D eigenvalue weighted by atomic mass is 9.98. The second kappa shape index (κ2) is 7.55. The van der Waals surface area contributed by atoms with E-state index in [4.69, 9.17) is 5.11 Å². The van der Waals surface area contributed by atoms with Crippen molar-refractivity contribution in [2.24, 2.45) is 5.92 Å². The first-order valence-corrected chi connectivity index (χ1v) is 7.27. The molecule has 5 nitrogen and oxygen atoms in total. The average Bonchev–Trinajstić information content (AvgIpc) is 2.35. The zero-order chi connectivity index (χ0) is 12.7. The monoisotopic (exact) mass is 260 g/mol. The Morgan fingerprint density at radius 2 is 2.35 bits per heavy atom. The topological polar surface area (TPSA) is 78.4 Å². The number of thioether (sulfide) groups is 1. The van der Waals surface area contributed by atoms with Crippen molar-refractivity contribution in [3.63, 3.8) is 0 Å². The fourth-order valence-electron chi connectivity index (χ4n) is 1.86. The molecule has 0 aromatic heterocycles. The van der Waals surface area contributed by atoms with Crippen LogP contribution in [0.15, 0.2) is 0 Å². The number of rotatable bonds is 6. The van der Waals surface area contributed by atoms with E-state index >= 15 is 0 Å². The Kier molecular flexibility index (Phi) is 6.36. The van der Waals surface area contributed by atoms with Gasteiger partial charge in [-0.05, 0) is 37.8 Å². The molecule has 3 N–H and O–H groups in total. The number of aliphatic carboxylic acids is 1. The highest BCUT2D eigenvalue weighted by Gasteiger charge is 2.25. The van der Waals surface area contributed by atoms with Crippen LogP contribution >= 0.6 is 11.8 Å². The summed E-state index contributed by atoms with van der Waals surface area (Å²) in [6.07, 6.45) is 4.21. The van der Waals surface area contributed by atoms with Gasteiger partial charge in [0.05, 0.1) is 5.92 Å². The molecule has 1 heterocycles. The van der Waals surface area contributed by atoms with Crippen LogP contribution in [0.1, 0.15) is 19.3 Å². The van der Waals surface area contributed by atoms with Gasteiger partial charge in [-0.2, -0.15) is 11.8 Å². The lowest BCUT2D eigenvalue weighted by Gasteiger charge is -2.23. The molecule has 1 aliphatic rings. The highest BCUT2D eigenvalue weighted by molar-refractivity contribution is 7.98. The van der Waals surface area contributed by atoms with Crippen molar-refractivity contribution in [3.8, 4) is 0 Å². The molecule has 0 aliphatic carbocycles. The molecule has 1 rings (SSSR count). The third kappa shape index (κ3) is 4.95. The highest BCUT2D eigenvalue weighted by atomic mass is 32.2. The van der Waals surface area contributed by atoms with E-state index in [9.17, 15) is 9.59 Å². The van der Waals surface area contributed by atoms with Gasteiger partial charge in [-0.3, -0.25) is 4.79 Å². The molecule has 0 radical (unpaired) electrons. The van der Waals surface area contributed by atoms with E-state index in [0.717, 1.165) is 25.1 Å². The summed E-state index contributed by atoms with van der Waals surface area (Å²) in [7, 11) is 0. The first-order chi connectivity index (χ1) is 8.15. The fraction of sp³-hybridized carbons (Fsp3) is 0.818. The lowest BCUT2D eigenvalue weighted by Crippen LogP contribution is -2.47. The van der Waals surface area contributed by atoms with Crippen LogP contribution in [0.25, 0.3) is 0 Å². The van der Waals surface area contributed by atoms with Crippen molar-refractivity contribution >= 4 is 23.6 Å². The van der Waals surface area contributed by atoms with Gasteiger partial charge in [0, 0.05) is 6.54 Å². The third-order valence-electron chi connectivity index (χ3n) is 2.89. The summed E-state index contributed by atoms with van der Waals surface area (Å²) in [5, 5.41) is 14.8. The Balaban J connectivity index is 2.42. The Hall–Kier alpha value is -0.750. The number of hydrogen-bond acceptors (Lipinski definition) is 4. The van der Waals surface area contributed by atoms with E-state index in [-0.39, 0.29) is 11.8 Å². The van der Waals surface area contributed by atoms with Crippen LogP contribution in [0.5, 0.6) is 0 Å². The van der Waals surface area contributed by atoms with Crippen LogP contribution < -0.4 is 10.6 Å². The smallest absolute Gasteiger partial charge is 0.326 e. The first-order valence-electron chi connectivity index (χ1n) is 5.88. The van der Waals surface area contributed by atoms with E-state index in [1.54, 1.807) is 11.8 Å². The Labute approximate surface area is 106 Å². The van der Waals surface area contributed by atoms with Gasteiger partial charge in [0.15, 0.2) is 0 Å². The largest absolute Gasteiger partial charge is 0.480 e. The standard InChI is InChI=1S/C11H20N2O3S/c1-17-6-4-9(11(15)16)13-10(14)8-3-2-5-12-7-8/h8-9,12H,2-7H2,1H3,(H,13,14)(H,15,16). The molecule has 0 saturated carbocycles. The van der Waals surface area contributed by atoms with E-state index < -0.39 is 12.0 Å². The van der Waals surface area contributed by atoms with E-state index in [1.165, 1.54) is 0 Å². The van der Waals surface area contributed by atoms with Crippen molar-refractivity contribution in [1.29, 1.82) is 0 Å². The van der Waals surface area contributed by atoms with E-state index in [0.29, 0.717) is 13.0 Å². The molecular weight excluding hydrogens is 240 g/mol. The van der Waals surface area contributed by atoms with Crippen molar-refractivity contribution in [2.45, 2.75) is 25.3 Å². The zero-order valence-electron chi connectivity index (χ0n) is 10.1. The normalized spacial score (nSPS) is 21.8. The number of amides is 1. The van der Waals surface area contributed by atoms with Crippen LogP contribution in [-0.2, 0) is 9.59 Å². The van der Waals surface area contributed by atoms with Crippen LogP contribution in [0.3, 0.4) is 0 Å². The molecule has 98 valence electrons. The number of piperidine rings is 1. The predicted octanol–water partition coefficient (Wildman–Crippen LogP) is 0.309. The van der Waals surface area contributed by atoms with Gasteiger partial charge in [-0.25, -0.2) is 4.79 Å². The molecule has 0 spiro atoms. The maximum Gasteiger partial charge on any atom is 0.326 e. The van der Waals surface area contributed by atoms with Crippen LogP contribution in [0.2, 0.25) is 0 Å². The summed E-state index contributed by atoms with van der Waals surface area (Å²) in [6, 6.07) is -0.753. The molecule has 6 heteroatoms. The van der Waals surface area contributed by atoms with Crippen molar-refractivity contribution in [3.05, 3.63) is 0 Å². The minimum absolute atomic E-state index is 0.0834. The summed E-state index contributed by atoms with van der Waals surface area (Å²) >= 11 is 1.58. The minimum atomic E-state index is -0.948. The molecule has 1 saturated heterocycles. The molecule has 1 fully saturated rings. The number of nitrogens with one attached hydrogen (secondary N) is 2. The van der Waals surface area contributed by atoms with Crippen LogP contribution in [-0.4, -0.2) is 48.1 Å². The minimum Gasteiger partial charge on any atom is -0.480 e. The summed E-state index contributed by atoms with van der Waals surface area (Å²) in [5.41, 5.74) is 0. The molecule has 0 bridgehead atoms. The predicted molar refractivity (Wildman–Crippen MR) is 68.2 cm³/mol. The maximum absolute atomic E-state index is 11.9. The molecule has 0 aromatic carbocycles. The Bertz CT molecular complexity index is 267. The number of hydrogen-bond donors (Lipinski definition) is 3. The number of carboxylic acid groups (broad SMARTS) is 1. The second-order valence-corrected chi connectivity index (χ2v) is 5.21. The van der Waals surface area contributed by atoms with Crippen molar-refractivity contribution < 1.29 is 14.7 Å². The third-order valence-corrected chi connectivity index (χ3v) is 3.54. The second-order valence-electron chi connectivity index (χ2n) is 4.22. The number of carboxylic acids is 1. The van der Waals surface area contributed by atoms with Crippen LogP contribution in [0.4, 0.5) is 0 Å². The lowest BCUT2D eigenvalue weighted by molar-refractivity contribution is -0.142. The quantitative estimate of drug-likeness (QED) is 0.640. The van der Waals surface area contributed by atoms with Gasteiger partial charge in [0.2, 0.25) is 5.91 Å². The molecule has 17 heavy (non-hydrogen) atoms. The van der Waals surface area contributed by atoms with E-state index in [1.807, 2.05) is 6.26 Å². The SMILES string of the molecule is CSCCC(NC(=O)C1CCCNC1)C(=O)O. The van der Waals surface area contributed by atoms with Crippen LogP contribution in [0, 0.1) is 5.92 Å². The van der Waals surface area contributed by atoms with Gasteiger partial charge in [0.1, 0.15) is 6.04 Å². The maximum atomic E-state index is 11.9. The Morgan fingerprint density at radius 3 is 2.88 bits per heavy atom. The molecular formula is C11H20N2O3S. The van der Waals surface area contributed by atoms with E-state index in [2.05, 4.69) is 10.6 Å². The first kappa shape index (κ1) is 14.3. The molecule has 2 unspecified atom stereocenters. The summed E-state index contributed by atoms with van der Waals surface area (Å²) in [6.45, 7) is 1.60.